The zero-order valence-corrected chi connectivity index (χ0v) is 15.8. The van der Waals surface area contributed by atoms with E-state index in [0.717, 1.165) is 4.74 Å². The molecule has 0 aliphatic carbocycles. The van der Waals surface area contributed by atoms with Crippen LogP contribution in [0.5, 0.6) is 0 Å². The molecular formula is C14H19N3O3S3. The highest BCUT2D eigenvalue weighted by Gasteiger charge is 2.48. The average molecular weight is 374 g/mol. The zero-order valence-electron chi connectivity index (χ0n) is 13.3. The van der Waals surface area contributed by atoms with Crippen molar-refractivity contribution in [2.75, 3.05) is 14.1 Å². The molecule has 23 heavy (non-hydrogen) atoms. The predicted octanol–water partition coefficient (Wildman–Crippen LogP) is 1.59. The van der Waals surface area contributed by atoms with Crippen molar-refractivity contribution >= 4 is 44.5 Å². The Balaban J connectivity index is 2.30. The molecule has 1 atom stereocenters. The number of nitrogens with zero attached hydrogens (tertiary/aromatic N) is 2. The van der Waals surface area contributed by atoms with Crippen molar-refractivity contribution in [2.45, 2.75) is 29.7 Å². The van der Waals surface area contributed by atoms with Gasteiger partial charge in [0, 0.05) is 12.6 Å². The molecule has 1 aromatic rings. The maximum Gasteiger partial charge on any atom is 0.254 e. The van der Waals surface area contributed by atoms with Gasteiger partial charge in [-0.15, -0.1) is 0 Å². The summed E-state index contributed by atoms with van der Waals surface area (Å²) in [4.78, 5) is 1.94. The number of nitrogens with one attached hydrogen (secondary N) is 1. The van der Waals surface area contributed by atoms with Crippen molar-refractivity contribution in [3.05, 3.63) is 35.0 Å². The predicted molar refractivity (Wildman–Crippen MR) is 97.3 cm³/mol. The summed E-state index contributed by atoms with van der Waals surface area (Å²) in [5, 5.41) is 12.5. The Hall–Kier alpha value is -1.16. The molecule has 0 saturated carbocycles. The largest absolute Gasteiger partial charge is 0.622 e. The van der Waals surface area contributed by atoms with Crippen molar-refractivity contribution < 1.29 is 13.2 Å². The standard InChI is InChI=1S/C14H19N3O3S3/c1-14(2)12(16(4)13(21)22-14)17(18)9-10-5-7-11(8-6-10)23(19,20)15-3/h5-9,12,15H,1-4H3/b17-9-/t12-/m1/s1. The van der Waals surface area contributed by atoms with E-state index >= 15 is 0 Å². The maximum atomic E-state index is 12.5. The van der Waals surface area contributed by atoms with Crippen molar-refractivity contribution in [1.29, 1.82) is 0 Å². The number of benzene rings is 1. The van der Waals surface area contributed by atoms with Crippen LogP contribution in [0, 0.1) is 5.21 Å². The highest BCUT2D eigenvalue weighted by atomic mass is 32.2. The molecule has 2 rings (SSSR count). The lowest BCUT2D eigenvalue weighted by atomic mass is 10.1. The molecule has 0 aromatic heterocycles. The quantitative estimate of drug-likeness (QED) is 0.284. The third kappa shape index (κ3) is 3.68. The van der Waals surface area contributed by atoms with Crippen molar-refractivity contribution in [1.82, 2.24) is 9.62 Å². The lowest BCUT2D eigenvalue weighted by Gasteiger charge is -2.27. The number of rotatable bonds is 4. The van der Waals surface area contributed by atoms with E-state index in [1.165, 1.54) is 37.2 Å². The minimum absolute atomic E-state index is 0.157. The highest BCUT2D eigenvalue weighted by molar-refractivity contribution is 8.24. The molecule has 0 radical (unpaired) electrons. The van der Waals surface area contributed by atoms with Gasteiger partial charge in [0.2, 0.25) is 10.0 Å². The fourth-order valence-corrected chi connectivity index (χ4v) is 5.00. The average Bonchev–Trinajstić information content (AvgIpc) is 2.67. The van der Waals surface area contributed by atoms with Crippen LogP contribution in [-0.2, 0) is 10.0 Å². The van der Waals surface area contributed by atoms with Crippen LogP contribution in [0.3, 0.4) is 0 Å². The molecule has 0 amide bonds. The fourth-order valence-electron chi connectivity index (χ4n) is 2.46. The van der Waals surface area contributed by atoms with Gasteiger partial charge in [-0.25, -0.2) is 13.1 Å². The second-order valence-electron chi connectivity index (χ2n) is 5.72. The van der Waals surface area contributed by atoms with Crippen LogP contribution in [0.15, 0.2) is 29.2 Å². The third-order valence-corrected chi connectivity index (χ3v) is 6.77. The van der Waals surface area contributed by atoms with Crippen molar-refractivity contribution in [2.24, 2.45) is 0 Å². The molecule has 1 N–H and O–H groups in total. The van der Waals surface area contributed by atoms with E-state index in [0.29, 0.717) is 9.88 Å². The Labute approximate surface area is 146 Å². The lowest BCUT2D eigenvalue weighted by Crippen LogP contribution is -2.46. The monoisotopic (exact) mass is 373 g/mol. The van der Waals surface area contributed by atoms with Gasteiger partial charge < -0.3 is 10.1 Å². The van der Waals surface area contributed by atoms with Crippen LogP contribution in [-0.4, -0.2) is 53.6 Å². The summed E-state index contributed by atoms with van der Waals surface area (Å²) < 4.78 is 26.9. The van der Waals surface area contributed by atoms with E-state index in [4.69, 9.17) is 12.2 Å². The summed E-state index contributed by atoms with van der Waals surface area (Å²) in [6.07, 6.45) is 1.04. The Morgan fingerprint density at radius 1 is 1.39 bits per heavy atom. The number of hydrogen-bond donors (Lipinski definition) is 1. The summed E-state index contributed by atoms with van der Waals surface area (Å²) in [5.74, 6) is 0. The van der Waals surface area contributed by atoms with Crippen LogP contribution >= 0.6 is 24.0 Å². The molecule has 1 aromatic carbocycles. The van der Waals surface area contributed by atoms with Gasteiger partial charge in [0.25, 0.3) is 6.17 Å². The molecule has 0 spiro atoms. The van der Waals surface area contributed by atoms with Crippen molar-refractivity contribution in [3.8, 4) is 0 Å². The second-order valence-corrected chi connectivity index (χ2v) is 9.90. The van der Waals surface area contributed by atoms with Crippen LogP contribution in [0.4, 0.5) is 0 Å². The molecule has 126 valence electrons. The Morgan fingerprint density at radius 3 is 2.39 bits per heavy atom. The number of thioether (sulfide) groups is 1. The lowest BCUT2D eigenvalue weighted by molar-refractivity contribution is -0.522. The van der Waals surface area contributed by atoms with Gasteiger partial charge in [-0.1, -0.05) is 24.0 Å². The van der Waals surface area contributed by atoms with Crippen LogP contribution in [0.2, 0.25) is 0 Å². The number of hydrogen-bond acceptors (Lipinski definition) is 5. The van der Waals surface area contributed by atoms with Gasteiger partial charge in [-0.3, -0.25) is 0 Å². The molecule has 1 heterocycles. The van der Waals surface area contributed by atoms with Crippen LogP contribution in [0.1, 0.15) is 19.4 Å². The third-order valence-electron chi connectivity index (χ3n) is 3.60. The second kappa shape index (κ2) is 6.39. The molecule has 1 saturated heterocycles. The van der Waals surface area contributed by atoms with Crippen molar-refractivity contribution in [3.63, 3.8) is 0 Å². The molecule has 9 heteroatoms. The first-order valence-electron chi connectivity index (χ1n) is 6.88. The Morgan fingerprint density at radius 2 is 1.96 bits per heavy atom. The van der Waals surface area contributed by atoms with E-state index in [-0.39, 0.29) is 9.64 Å². The summed E-state index contributed by atoms with van der Waals surface area (Å²) in [6, 6.07) is 6.13. The number of thiocarbonyl (C=S) groups is 1. The van der Waals surface area contributed by atoms with E-state index in [2.05, 4.69) is 4.72 Å². The Bertz CT molecular complexity index is 742. The molecule has 0 unspecified atom stereocenters. The SMILES string of the molecule is CNS(=O)(=O)c1ccc(/C=[N+](\[O-])[C@H]2N(C)C(=S)SC2(C)C)cc1. The number of hydroxylamine groups is 1. The van der Waals surface area contributed by atoms with Gasteiger partial charge >= 0.3 is 0 Å². The highest BCUT2D eigenvalue weighted by Crippen LogP contribution is 2.40. The first-order chi connectivity index (χ1) is 10.6. The minimum atomic E-state index is -3.48. The first kappa shape index (κ1) is 18.2. The van der Waals surface area contributed by atoms with Crippen LogP contribution in [0.25, 0.3) is 0 Å². The maximum absolute atomic E-state index is 12.5. The fraction of sp³-hybridized carbons (Fsp3) is 0.429. The number of sulfonamides is 1. The molecule has 1 aliphatic heterocycles. The molecular weight excluding hydrogens is 354 g/mol. The van der Waals surface area contributed by atoms with Crippen LogP contribution < -0.4 is 4.72 Å². The normalized spacial score (nSPS) is 21.7. The summed E-state index contributed by atoms with van der Waals surface area (Å²) in [5.41, 5.74) is 0.627. The first-order valence-corrected chi connectivity index (χ1v) is 9.59. The molecule has 6 nitrogen and oxygen atoms in total. The van der Waals surface area contributed by atoms with E-state index in [9.17, 15) is 13.6 Å². The van der Waals surface area contributed by atoms with Gasteiger partial charge in [-0.2, -0.15) is 4.74 Å². The van der Waals surface area contributed by atoms with E-state index < -0.39 is 16.2 Å². The molecule has 1 fully saturated rings. The minimum Gasteiger partial charge on any atom is -0.622 e. The molecule has 1 aliphatic rings. The van der Waals surface area contributed by atoms with E-state index in [1.807, 2.05) is 13.8 Å². The topological polar surface area (TPSA) is 75.5 Å². The summed E-state index contributed by atoms with van der Waals surface area (Å²) >= 11 is 6.75. The zero-order chi connectivity index (χ0) is 17.4. The van der Waals surface area contributed by atoms with Gasteiger partial charge in [0.05, 0.1) is 4.90 Å². The van der Waals surface area contributed by atoms with E-state index in [1.54, 1.807) is 24.1 Å². The van der Waals surface area contributed by atoms with Gasteiger partial charge in [-0.05, 0) is 45.2 Å². The van der Waals surface area contributed by atoms with Gasteiger partial charge in [0.1, 0.15) is 9.07 Å². The molecule has 0 bridgehead atoms. The smallest absolute Gasteiger partial charge is 0.254 e. The van der Waals surface area contributed by atoms with Gasteiger partial charge in [0.15, 0.2) is 6.21 Å². The summed E-state index contributed by atoms with van der Waals surface area (Å²) in [7, 11) is -0.322. The Kier molecular flexibility index (Phi) is 5.05. The summed E-state index contributed by atoms with van der Waals surface area (Å²) in [6.45, 7) is 3.94.